The first-order valence-corrected chi connectivity index (χ1v) is 14.8. The molecule has 1 aromatic carbocycles. The largest absolute Gasteiger partial charge is 0.490 e. The highest BCUT2D eigenvalue weighted by atomic mass is 32.1. The highest BCUT2D eigenvalue weighted by Gasteiger charge is 2.21. The third-order valence-electron chi connectivity index (χ3n) is 7.26. The van der Waals surface area contributed by atoms with Gasteiger partial charge >= 0.3 is 6.03 Å². The molecule has 0 radical (unpaired) electrons. The van der Waals surface area contributed by atoms with Gasteiger partial charge in [0, 0.05) is 50.3 Å². The van der Waals surface area contributed by atoms with Crippen LogP contribution in [-0.4, -0.2) is 80.1 Å². The van der Waals surface area contributed by atoms with E-state index in [0.717, 1.165) is 58.9 Å². The summed E-state index contributed by atoms with van der Waals surface area (Å²) in [5.74, 6) is 1.34. The van der Waals surface area contributed by atoms with Crippen molar-refractivity contribution < 1.29 is 9.53 Å². The quantitative estimate of drug-likeness (QED) is 0.287. The second kappa shape index (κ2) is 12.7. The number of carbonyl (C=O) groups is 1. The van der Waals surface area contributed by atoms with Gasteiger partial charge in [-0.15, -0.1) is 0 Å². The van der Waals surface area contributed by atoms with Crippen LogP contribution < -0.4 is 10.1 Å². The van der Waals surface area contributed by atoms with Gasteiger partial charge in [0.25, 0.3) is 0 Å². The fraction of sp³-hybridized carbons (Fsp3) is 0.400. The van der Waals surface area contributed by atoms with Crippen molar-refractivity contribution in [1.29, 1.82) is 0 Å². The van der Waals surface area contributed by atoms with Gasteiger partial charge in [-0.25, -0.2) is 24.7 Å². The van der Waals surface area contributed by atoms with Gasteiger partial charge in [-0.3, -0.25) is 10.3 Å². The van der Waals surface area contributed by atoms with Crippen LogP contribution in [0.15, 0.2) is 43.0 Å². The molecule has 3 aromatic heterocycles. The molecule has 0 bridgehead atoms. The number of thiazole rings is 1. The molecule has 1 saturated heterocycles. The van der Waals surface area contributed by atoms with Gasteiger partial charge in [0.1, 0.15) is 11.4 Å². The molecule has 0 atom stereocenters. The van der Waals surface area contributed by atoms with Gasteiger partial charge in [0.05, 0.1) is 28.6 Å². The van der Waals surface area contributed by atoms with Gasteiger partial charge in [-0.2, -0.15) is 0 Å². The molecule has 0 saturated carbocycles. The number of aryl methyl sites for hydroxylation is 2. The first-order valence-electron chi connectivity index (χ1n) is 14.0. The maximum absolute atomic E-state index is 12.8. The van der Waals surface area contributed by atoms with Crippen LogP contribution in [-0.2, 0) is 0 Å². The van der Waals surface area contributed by atoms with Crippen molar-refractivity contribution in [3.05, 3.63) is 54.1 Å². The predicted octanol–water partition coefficient (Wildman–Crippen LogP) is 5.69. The number of amides is 2. The Morgan fingerprint density at radius 2 is 1.66 bits per heavy atom. The topological polar surface area (TPSA) is 109 Å². The van der Waals surface area contributed by atoms with E-state index in [4.69, 9.17) is 14.7 Å². The molecule has 4 aromatic rings. The summed E-state index contributed by atoms with van der Waals surface area (Å²) in [6, 6.07) is 5.98. The predicted molar refractivity (Wildman–Crippen MR) is 162 cm³/mol. The number of urea groups is 1. The zero-order chi connectivity index (χ0) is 28.9. The minimum atomic E-state index is -0.135. The Kier molecular flexibility index (Phi) is 8.84. The fourth-order valence-corrected chi connectivity index (χ4v) is 5.67. The Labute approximate surface area is 244 Å². The highest BCUT2D eigenvalue weighted by Crippen LogP contribution is 2.35. The smallest absolute Gasteiger partial charge is 0.323 e. The van der Waals surface area contributed by atoms with Crippen LogP contribution in [0.5, 0.6) is 5.75 Å². The number of benzene rings is 1. The van der Waals surface area contributed by atoms with E-state index in [9.17, 15) is 4.79 Å². The lowest BCUT2D eigenvalue weighted by Gasteiger charge is -2.32. The van der Waals surface area contributed by atoms with E-state index in [0.29, 0.717) is 35.4 Å². The lowest BCUT2D eigenvalue weighted by Crippen LogP contribution is -2.48. The lowest BCUT2D eigenvalue weighted by molar-refractivity contribution is 0.164. The Morgan fingerprint density at radius 1 is 0.951 bits per heavy atom. The van der Waals surface area contributed by atoms with Crippen LogP contribution in [0.25, 0.3) is 33.3 Å². The van der Waals surface area contributed by atoms with Crippen molar-refractivity contribution in [3.63, 3.8) is 0 Å². The standard InChI is InChI=1S/C30H36N8O2S/c1-6-21(7-2)40-22-14-19(3)27(20(4)15-22)24-16-23(34-28(35-24)25-17-31-8-9-32-25)26-18-33-29(41-26)36-30(39)38-12-10-37(5)11-13-38/h8-9,14-18,21H,6-7,10-13H2,1-5H3,(H,33,36,39). The maximum atomic E-state index is 12.8. The third kappa shape index (κ3) is 6.68. The number of nitrogens with zero attached hydrogens (tertiary/aromatic N) is 7. The van der Waals surface area contributed by atoms with Crippen molar-refractivity contribution in [3.8, 4) is 39.1 Å². The first-order chi connectivity index (χ1) is 19.8. The summed E-state index contributed by atoms with van der Waals surface area (Å²) in [6.45, 7) is 11.5. The van der Waals surface area contributed by atoms with Gasteiger partial charge in [0.15, 0.2) is 11.0 Å². The van der Waals surface area contributed by atoms with Gasteiger partial charge in [-0.05, 0) is 63.1 Å². The summed E-state index contributed by atoms with van der Waals surface area (Å²) in [6.07, 6.45) is 8.75. The molecule has 214 valence electrons. The average molecular weight is 573 g/mol. The van der Waals surface area contributed by atoms with Crippen molar-refractivity contribution in [2.24, 2.45) is 0 Å². The number of hydrogen-bond acceptors (Lipinski definition) is 9. The molecule has 5 rings (SSSR count). The normalized spacial score (nSPS) is 14.0. The van der Waals surface area contributed by atoms with Gasteiger partial charge in [0.2, 0.25) is 0 Å². The van der Waals surface area contributed by atoms with E-state index in [1.54, 1.807) is 24.8 Å². The van der Waals surface area contributed by atoms with Crippen molar-refractivity contribution in [1.82, 2.24) is 34.7 Å². The minimum absolute atomic E-state index is 0.135. The zero-order valence-electron chi connectivity index (χ0n) is 24.2. The summed E-state index contributed by atoms with van der Waals surface area (Å²) < 4.78 is 6.24. The number of carbonyl (C=O) groups excluding carboxylic acids is 1. The van der Waals surface area contributed by atoms with Gasteiger partial charge in [-0.1, -0.05) is 25.2 Å². The van der Waals surface area contributed by atoms with Crippen LogP contribution in [0.3, 0.4) is 0 Å². The Hall–Kier alpha value is -3.96. The SMILES string of the molecule is CCC(CC)Oc1cc(C)c(-c2cc(-c3cnc(NC(=O)N4CCN(C)CC4)s3)nc(-c3cnccn3)n2)c(C)c1. The molecule has 10 nitrogen and oxygen atoms in total. The molecule has 0 unspecified atom stereocenters. The molecule has 2 amide bonds. The second-order valence-corrected chi connectivity index (χ2v) is 11.3. The molecule has 0 aliphatic carbocycles. The van der Waals surface area contributed by atoms with E-state index in [2.05, 4.69) is 72.0 Å². The molecule has 0 spiro atoms. The maximum Gasteiger partial charge on any atom is 0.323 e. The highest BCUT2D eigenvalue weighted by molar-refractivity contribution is 7.19. The number of likely N-dealkylation sites (N-methyl/N-ethyl adjacent to an activating group) is 1. The van der Waals surface area contributed by atoms with E-state index >= 15 is 0 Å². The first kappa shape index (κ1) is 28.6. The van der Waals surface area contributed by atoms with Crippen LogP contribution in [0, 0.1) is 13.8 Å². The molecule has 4 heterocycles. The van der Waals surface area contributed by atoms with Crippen molar-refractivity contribution in [2.75, 3.05) is 38.5 Å². The molecule has 41 heavy (non-hydrogen) atoms. The molecular formula is C30H36N8O2S. The monoisotopic (exact) mass is 572 g/mol. The van der Waals surface area contributed by atoms with Crippen LogP contribution in [0.4, 0.5) is 9.93 Å². The molecule has 1 aliphatic heterocycles. The Balaban J connectivity index is 1.48. The number of hydrogen-bond donors (Lipinski definition) is 1. The summed E-state index contributed by atoms with van der Waals surface area (Å²) in [7, 11) is 2.06. The van der Waals surface area contributed by atoms with E-state index in [1.165, 1.54) is 11.3 Å². The Morgan fingerprint density at radius 3 is 2.32 bits per heavy atom. The number of anilines is 1. The molecule has 1 fully saturated rings. The van der Waals surface area contributed by atoms with E-state index < -0.39 is 0 Å². The van der Waals surface area contributed by atoms with Crippen LogP contribution >= 0.6 is 11.3 Å². The number of ether oxygens (including phenoxy) is 1. The zero-order valence-corrected chi connectivity index (χ0v) is 25.0. The number of nitrogens with one attached hydrogen (secondary N) is 1. The third-order valence-corrected chi connectivity index (χ3v) is 8.19. The van der Waals surface area contributed by atoms with Gasteiger partial charge < -0.3 is 14.5 Å². The van der Waals surface area contributed by atoms with E-state index in [1.807, 2.05) is 11.0 Å². The lowest BCUT2D eigenvalue weighted by atomic mass is 9.98. The fourth-order valence-electron chi connectivity index (χ4n) is 4.90. The average Bonchev–Trinajstić information content (AvgIpc) is 3.44. The van der Waals surface area contributed by atoms with Crippen molar-refractivity contribution in [2.45, 2.75) is 46.6 Å². The summed E-state index contributed by atoms with van der Waals surface area (Å²) >= 11 is 1.38. The van der Waals surface area contributed by atoms with Crippen LogP contribution in [0.2, 0.25) is 0 Å². The van der Waals surface area contributed by atoms with Crippen LogP contribution in [0.1, 0.15) is 37.8 Å². The summed E-state index contributed by atoms with van der Waals surface area (Å²) in [4.78, 5) is 40.6. The second-order valence-electron chi connectivity index (χ2n) is 10.3. The molecule has 11 heteroatoms. The number of piperazine rings is 1. The Bertz CT molecular complexity index is 1470. The molecular weight excluding hydrogens is 536 g/mol. The number of rotatable bonds is 8. The van der Waals surface area contributed by atoms with Crippen molar-refractivity contribution >= 4 is 22.5 Å². The summed E-state index contributed by atoms with van der Waals surface area (Å²) in [5.41, 5.74) is 5.19. The van der Waals surface area contributed by atoms with E-state index in [-0.39, 0.29) is 12.1 Å². The molecule has 1 aliphatic rings. The molecule has 1 N–H and O–H groups in total. The summed E-state index contributed by atoms with van der Waals surface area (Å²) in [5, 5.41) is 3.48. The minimum Gasteiger partial charge on any atom is -0.490 e. The number of aromatic nitrogens is 5.